The lowest BCUT2D eigenvalue weighted by atomic mass is 9.99. The van der Waals surface area contributed by atoms with Crippen molar-refractivity contribution in [3.05, 3.63) is 87.7 Å². The molecule has 0 N–H and O–H groups in total. The van der Waals surface area contributed by atoms with Crippen LogP contribution in [-0.4, -0.2) is 29.9 Å². The maximum absolute atomic E-state index is 13.7. The van der Waals surface area contributed by atoms with Gasteiger partial charge >= 0.3 is 0 Å². The van der Waals surface area contributed by atoms with Crippen molar-refractivity contribution in [3.63, 3.8) is 0 Å². The predicted octanol–water partition coefficient (Wildman–Crippen LogP) is 5.13. The second-order valence-electron chi connectivity index (χ2n) is 8.79. The van der Waals surface area contributed by atoms with Crippen LogP contribution in [0.25, 0.3) is 5.57 Å². The molecular weight excluding hydrogens is 432 g/mol. The monoisotopic (exact) mass is 458 g/mol. The van der Waals surface area contributed by atoms with Gasteiger partial charge in [0, 0.05) is 18.0 Å². The molecule has 6 heteroatoms. The van der Waals surface area contributed by atoms with Crippen LogP contribution in [0.15, 0.2) is 71.7 Å². The van der Waals surface area contributed by atoms with Gasteiger partial charge in [0.05, 0.1) is 17.9 Å². The van der Waals surface area contributed by atoms with Crippen molar-refractivity contribution >= 4 is 34.4 Å². The third-order valence-corrected chi connectivity index (χ3v) is 6.84. The van der Waals surface area contributed by atoms with Gasteiger partial charge in [0.2, 0.25) is 0 Å². The second-order valence-corrected chi connectivity index (χ2v) is 9.73. The molecule has 5 rings (SSSR count). The lowest BCUT2D eigenvalue weighted by Gasteiger charge is -2.31. The SMILES string of the molecule is CC(C)COc1ccc(N2C(=O)C(c3cccs3)=C(N3CCc4ccccc4C3)C2=O)cc1. The Morgan fingerprint density at radius 1 is 0.939 bits per heavy atom. The molecule has 0 saturated carbocycles. The number of ether oxygens (including phenoxy) is 1. The predicted molar refractivity (Wildman–Crippen MR) is 131 cm³/mol. The summed E-state index contributed by atoms with van der Waals surface area (Å²) in [7, 11) is 0. The molecule has 0 spiro atoms. The van der Waals surface area contributed by atoms with Crippen LogP contribution >= 0.6 is 11.3 Å². The zero-order valence-corrected chi connectivity index (χ0v) is 19.6. The van der Waals surface area contributed by atoms with Crippen molar-refractivity contribution in [1.29, 1.82) is 0 Å². The van der Waals surface area contributed by atoms with Crippen LogP contribution in [0.1, 0.15) is 29.9 Å². The second kappa shape index (κ2) is 8.87. The number of imide groups is 1. The first kappa shape index (κ1) is 21.5. The highest BCUT2D eigenvalue weighted by Crippen LogP contribution is 2.38. The van der Waals surface area contributed by atoms with Gasteiger partial charge in [0.1, 0.15) is 11.4 Å². The summed E-state index contributed by atoms with van der Waals surface area (Å²) in [5.41, 5.74) is 4.06. The molecule has 0 fully saturated rings. The topological polar surface area (TPSA) is 49.9 Å². The van der Waals surface area contributed by atoms with E-state index in [2.05, 4.69) is 30.9 Å². The smallest absolute Gasteiger partial charge is 0.282 e. The number of anilines is 1. The fourth-order valence-corrected chi connectivity index (χ4v) is 5.09. The Morgan fingerprint density at radius 2 is 1.70 bits per heavy atom. The molecule has 2 aliphatic rings. The van der Waals surface area contributed by atoms with E-state index in [-0.39, 0.29) is 11.8 Å². The Kier molecular flexibility index (Phi) is 5.77. The van der Waals surface area contributed by atoms with Crippen molar-refractivity contribution < 1.29 is 14.3 Å². The lowest BCUT2D eigenvalue weighted by molar-refractivity contribution is -0.120. The molecule has 0 bridgehead atoms. The number of rotatable bonds is 6. The number of benzene rings is 2. The van der Waals surface area contributed by atoms with E-state index in [1.165, 1.54) is 27.4 Å². The fourth-order valence-electron chi connectivity index (χ4n) is 4.33. The minimum atomic E-state index is -0.271. The number of amides is 2. The molecule has 3 heterocycles. The van der Waals surface area contributed by atoms with Crippen molar-refractivity contribution in [1.82, 2.24) is 4.90 Å². The maximum atomic E-state index is 13.7. The van der Waals surface area contributed by atoms with E-state index in [1.54, 1.807) is 12.1 Å². The van der Waals surface area contributed by atoms with Gasteiger partial charge in [-0.25, -0.2) is 4.90 Å². The fraction of sp³-hybridized carbons (Fsp3) is 0.259. The van der Waals surface area contributed by atoms with Crippen LogP contribution in [0.2, 0.25) is 0 Å². The first-order valence-electron chi connectivity index (χ1n) is 11.2. The van der Waals surface area contributed by atoms with Crippen LogP contribution in [-0.2, 0) is 22.6 Å². The third-order valence-electron chi connectivity index (χ3n) is 5.95. The summed E-state index contributed by atoms with van der Waals surface area (Å²) in [6.45, 7) is 6.12. The summed E-state index contributed by atoms with van der Waals surface area (Å²) < 4.78 is 5.76. The van der Waals surface area contributed by atoms with Crippen LogP contribution < -0.4 is 9.64 Å². The zero-order chi connectivity index (χ0) is 22.9. The van der Waals surface area contributed by atoms with E-state index in [0.717, 1.165) is 17.0 Å². The van der Waals surface area contributed by atoms with Gasteiger partial charge in [-0.05, 0) is 59.2 Å². The zero-order valence-electron chi connectivity index (χ0n) is 18.8. The standard InChI is InChI=1S/C27H26N2O3S/c1-18(2)17-32-22-11-9-21(10-12-22)29-26(30)24(23-8-5-15-33-23)25(27(29)31)28-14-13-19-6-3-4-7-20(19)16-28/h3-12,15,18H,13-14,16-17H2,1-2H3. The first-order valence-corrected chi connectivity index (χ1v) is 12.1. The van der Waals surface area contributed by atoms with E-state index in [1.807, 2.05) is 41.8 Å². The molecule has 2 aliphatic heterocycles. The number of nitrogens with zero attached hydrogens (tertiary/aromatic N) is 2. The molecule has 3 aromatic rings. The summed E-state index contributed by atoms with van der Waals surface area (Å²) in [4.78, 5) is 31.5. The van der Waals surface area contributed by atoms with Gasteiger partial charge in [-0.15, -0.1) is 11.3 Å². The van der Waals surface area contributed by atoms with Crippen LogP contribution in [0.5, 0.6) is 5.75 Å². The Morgan fingerprint density at radius 3 is 2.39 bits per heavy atom. The molecule has 0 unspecified atom stereocenters. The van der Waals surface area contributed by atoms with Gasteiger partial charge in [-0.1, -0.05) is 44.2 Å². The number of hydrogen-bond donors (Lipinski definition) is 0. The van der Waals surface area contributed by atoms with Crippen molar-refractivity contribution in [3.8, 4) is 5.75 Å². The highest BCUT2D eigenvalue weighted by atomic mass is 32.1. The van der Waals surface area contributed by atoms with Crippen molar-refractivity contribution in [2.75, 3.05) is 18.1 Å². The molecule has 1 aromatic heterocycles. The summed E-state index contributed by atoms with van der Waals surface area (Å²) >= 11 is 1.48. The van der Waals surface area contributed by atoms with Crippen LogP contribution in [0, 0.1) is 5.92 Å². The number of thiophene rings is 1. The maximum Gasteiger partial charge on any atom is 0.282 e. The Balaban J connectivity index is 1.48. The molecule has 0 aliphatic carbocycles. The Bertz CT molecular complexity index is 1210. The number of carbonyl (C=O) groups excluding carboxylic acids is 2. The van der Waals surface area contributed by atoms with Crippen LogP contribution in [0.4, 0.5) is 5.69 Å². The van der Waals surface area contributed by atoms with Crippen molar-refractivity contribution in [2.45, 2.75) is 26.8 Å². The first-order chi connectivity index (χ1) is 16.0. The summed E-state index contributed by atoms with van der Waals surface area (Å²) in [6, 6.07) is 19.3. The molecule has 0 atom stereocenters. The number of carbonyl (C=O) groups is 2. The van der Waals surface area contributed by atoms with Gasteiger partial charge in [0.25, 0.3) is 11.8 Å². The summed E-state index contributed by atoms with van der Waals surface area (Å²) in [6.07, 6.45) is 0.848. The average Bonchev–Trinajstić information content (AvgIpc) is 3.44. The molecule has 2 amide bonds. The summed E-state index contributed by atoms with van der Waals surface area (Å²) in [5.74, 6) is 0.609. The molecule has 5 nitrogen and oxygen atoms in total. The molecule has 33 heavy (non-hydrogen) atoms. The molecular formula is C27H26N2O3S. The van der Waals surface area contributed by atoms with Crippen molar-refractivity contribution in [2.24, 2.45) is 5.92 Å². The van der Waals surface area contributed by atoms with Gasteiger partial charge in [-0.2, -0.15) is 0 Å². The van der Waals surface area contributed by atoms with E-state index < -0.39 is 0 Å². The third kappa shape index (κ3) is 4.07. The highest BCUT2D eigenvalue weighted by molar-refractivity contribution is 7.11. The number of fused-ring (bicyclic) bond motifs is 1. The Labute approximate surface area is 197 Å². The minimum Gasteiger partial charge on any atom is -0.493 e. The Hall–Kier alpha value is -3.38. The average molecular weight is 459 g/mol. The van der Waals surface area contributed by atoms with E-state index >= 15 is 0 Å². The summed E-state index contributed by atoms with van der Waals surface area (Å²) in [5, 5.41) is 1.94. The van der Waals surface area contributed by atoms with E-state index in [4.69, 9.17) is 4.74 Å². The van der Waals surface area contributed by atoms with E-state index in [9.17, 15) is 9.59 Å². The lowest BCUT2D eigenvalue weighted by Crippen LogP contribution is -2.37. The van der Waals surface area contributed by atoms with Gasteiger partial charge in [-0.3, -0.25) is 9.59 Å². The molecule has 168 valence electrons. The van der Waals surface area contributed by atoms with Crippen LogP contribution in [0.3, 0.4) is 0 Å². The minimum absolute atomic E-state index is 0.265. The largest absolute Gasteiger partial charge is 0.493 e. The number of hydrogen-bond acceptors (Lipinski definition) is 5. The van der Waals surface area contributed by atoms with Gasteiger partial charge < -0.3 is 9.64 Å². The quantitative estimate of drug-likeness (QED) is 0.481. The van der Waals surface area contributed by atoms with E-state index in [0.29, 0.717) is 42.6 Å². The molecule has 0 saturated heterocycles. The molecule has 2 aromatic carbocycles. The normalized spacial score (nSPS) is 16.1. The molecule has 0 radical (unpaired) electrons. The van der Waals surface area contributed by atoms with Gasteiger partial charge in [0.15, 0.2) is 0 Å². The highest BCUT2D eigenvalue weighted by Gasteiger charge is 2.43.